The Hall–Kier alpha value is -3.45. The molecule has 0 atom stereocenters. The number of benzene rings is 2. The molecular weight excluding hydrogens is 388 g/mol. The van der Waals surface area contributed by atoms with Crippen LogP contribution >= 0.6 is 11.3 Å². The monoisotopic (exact) mass is 408 g/mol. The summed E-state index contributed by atoms with van der Waals surface area (Å²) in [4.78, 5) is 36.8. The maximum absolute atomic E-state index is 12.5. The van der Waals surface area contributed by atoms with Gasteiger partial charge in [-0.05, 0) is 41.3 Å². The minimum atomic E-state index is -0.449. The van der Waals surface area contributed by atoms with E-state index in [9.17, 15) is 14.4 Å². The van der Waals surface area contributed by atoms with Crippen molar-refractivity contribution in [2.24, 2.45) is 0 Å². The second-order valence-electron chi connectivity index (χ2n) is 6.27. The predicted molar refractivity (Wildman–Crippen MR) is 112 cm³/mol. The molecule has 1 heterocycles. The van der Waals surface area contributed by atoms with Gasteiger partial charge in [0.1, 0.15) is 5.75 Å². The average Bonchev–Trinajstić information content (AvgIpc) is 3.19. The van der Waals surface area contributed by atoms with Crippen molar-refractivity contribution < 1.29 is 19.1 Å². The van der Waals surface area contributed by atoms with E-state index < -0.39 is 5.97 Å². The lowest BCUT2D eigenvalue weighted by Crippen LogP contribution is -2.24. The first kappa shape index (κ1) is 20.3. The molecule has 6 nitrogen and oxygen atoms in total. The summed E-state index contributed by atoms with van der Waals surface area (Å²) in [6.45, 7) is 1.54. The zero-order valence-corrected chi connectivity index (χ0v) is 16.6. The fourth-order valence-electron chi connectivity index (χ4n) is 2.71. The summed E-state index contributed by atoms with van der Waals surface area (Å²) >= 11 is 1.53. The maximum Gasteiger partial charge on any atom is 0.308 e. The molecule has 1 aromatic heterocycles. The molecule has 0 aliphatic rings. The molecule has 0 unspecified atom stereocenters. The molecule has 0 aliphatic heterocycles. The van der Waals surface area contributed by atoms with Gasteiger partial charge in [-0.25, -0.2) is 0 Å². The van der Waals surface area contributed by atoms with Crippen molar-refractivity contribution in [3.8, 4) is 5.75 Å². The predicted octanol–water partition coefficient (Wildman–Crippen LogP) is 3.78. The standard InChI is InChI=1S/C22H20N2O4S/c1-15(25)28-18-8-4-7-16(12-18)22(27)23-14-17-6-2-3-10-20(17)24-21(26)13-19-9-5-11-29-19/h2-12H,13-14H2,1H3,(H,23,27)(H,24,26). The van der Waals surface area contributed by atoms with E-state index in [-0.39, 0.29) is 18.4 Å². The van der Waals surface area contributed by atoms with Gasteiger partial charge in [0.2, 0.25) is 5.91 Å². The Morgan fingerprint density at radius 1 is 1.00 bits per heavy atom. The van der Waals surface area contributed by atoms with E-state index in [1.807, 2.05) is 35.7 Å². The number of carbonyl (C=O) groups is 3. The summed E-state index contributed by atoms with van der Waals surface area (Å²) in [5, 5.41) is 7.66. The van der Waals surface area contributed by atoms with Gasteiger partial charge in [-0.3, -0.25) is 14.4 Å². The molecule has 0 fully saturated rings. The fourth-order valence-corrected chi connectivity index (χ4v) is 3.41. The van der Waals surface area contributed by atoms with Crippen LogP contribution in [0.4, 0.5) is 5.69 Å². The molecule has 0 saturated carbocycles. The van der Waals surface area contributed by atoms with Gasteiger partial charge in [0.15, 0.2) is 0 Å². The number of esters is 1. The van der Waals surface area contributed by atoms with Gasteiger partial charge in [0.25, 0.3) is 5.91 Å². The Balaban J connectivity index is 1.63. The van der Waals surface area contributed by atoms with Crippen LogP contribution in [0.1, 0.15) is 27.7 Å². The molecule has 2 aromatic carbocycles. The van der Waals surface area contributed by atoms with Crippen LogP contribution in [0, 0.1) is 0 Å². The van der Waals surface area contributed by atoms with Gasteiger partial charge in [-0.15, -0.1) is 11.3 Å². The fraction of sp³-hybridized carbons (Fsp3) is 0.136. The number of hydrogen-bond donors (Lipinski definition) is 2. The SMILES string of the molecule is CC(=O)Oc1cccc(C(=O)NCc2ccccc2NC(=O)Cc2cccs2)c1. The van der Waals surface area contributed by atoms with Crippen LogP contribution in [0.15, 0.2) is 66.0 Å². The quantitative estimate of drug-likeness (QED) is 0.460. The molecule has 0 bridgehead atoms. The van der Waals surface area contributed by atoms with Crippen molar-refractivity contribution >= 4 is 34.8 Å². The highest BCUT2D eigenvalue weighted by Crippen LogP contribution is 2.18. The highest BCUT2D eigenvalue weighted by atomic mass is 32.1. The molecule has 0 radical (unpaired) electrons. The third kappa shape index (κ3) is 6.02. The van der Waals surface area contributed by atoms with Crippen LogP contribution in [0.3, 0.4) is 0 Å². The third-order valence-electron chi connectivity index (χ3n) is 4.00. The minimum absolute atomic E-state index is 0.111. The smallest absolute Gasteiger partial charge is 0.308 e. The van der Waals surface area contributed by atoms with Gasteiger partial charge < -0.3 is 15.4 Å². The Labute approximate surface area is 172 Å². The van der Waals surface area contributed by atoms with E-state index in [2.05, 4.69) is 10.6 Å². The van der Waals surface area contributed by atoms with Crippen LogP contribution in [0.25, 0.3) is 0 Å². The van der Waals surface area contributed by atoms with Crippen LogP contribution < -0.4 is 15.4 Å². The van der Waals surface area contributed by atoms with Crippen molar-refractivity contribution in [1.82, 2.24) is 5.32 Å². The number of carbonyl (C=O) groups excluding carboxylic acids is 3. The second-order valence-corrected chi connectivity index (χ2v) is 7.30. The van der Waals surface area contributed by atoms with E-state index in [0.717, 1.165) is 10.4 Å². The van der Waals surface area contributed by atoms with Crippen molar-refractivity contribution in [3.05, 3.63) is 82.0 Å². The lowest BCUT2D eigenvalue weighted by molar-refractivity contribution is -0.131. The van der Waals surface area contributed by atoms with Crippen LogP contribution in [0.2, 0.25) is 0 Å². The average molecular weight is 408 g/mol. The Morgan fingerprint density at radius 3 is 2.59 bits per heavy atom. The molecule has 7 heteroatoms. The maximum atomic E-state index is 12.5. The van der Waals surface area contributed by atoms with Crippen molar-refractivity contribution in [2.45, 2.75) is 19.9 Å². The lowest BCUT2D eigenvalue weighted by Gasteiger charge is -2.12. The normalized spacial score (nSPS) is 10.2. The van der Waals surface area contributed by atoms with Crippen LogP contribution in [-0.4, -0.2) is 17.8 Å². The summed E-state index contributed by atoms with van der Waals surface area (Å²) < 4.78 is 5.01. The topological polar surface area (TPSA) is 84.5 Å². The van der Waals surface area contributed by atoms with Crippen LogP contribution in [0.5, 0.6) is 5.75 Å². The van der Waals surface area contributed by atoms with E-state index in [0.29, 0.717) is 23.4 Å². The first-order valence-electron chi connectivity index (χ1n) is 8.98. The number of amides is 2. The number of ether oxygens (including phenoxy) is 1. The Morgan fingerprint density at radius 2 is 1.83 bits per heavy atom. The van der Waals surface area contributed by atoms with Crippen molar-refractivity contribution in [2.75, 3.05) is 5.32 Å². The number of rotatable bonds is 7. The largest absolute Gasteiger partial charge is 0.427 e. The summed E-state index contributed by atoms with van der Waals surface area (Å²) in [5.74, 6) is -0.555. The van der Waals surface area contributed by atoms with Crippen molar-refractivity contribution in [1.29, 1.82) is 0 Å². The number of thiophene rings is 1. The minimum Gasteiger partial charge on any atom is -0.427 e. The molecule has 2 amide bonds. The molecule has 3 rings (SSSR count). The Bertz CT molecular complexity index is 1020. The van der Waals surface area contributed by atoms with Gasteiger partial charge in [-0.2, -0.15) is 0 Å². The molecule has 2 N–H and O–H groups in total. The molecule has 0 spiro atoms. The number of hydrogen-bond acceptors (Lipinski definition) is 5. The molecule has 0 saturated heterocycles. The highest BCUT2D eigenvalue weighted by molar-refractivity contribution is 7.10. The molecule has 3 aromatic rings. The van der Waals surface area contributed by atoms with Gasteiger partial charge in [0.05, 0.1) is 6.42 Å². The number of para-hydroxylation sites is 1. The van der Waals surface area contributed by atoms with Gasteiger partial charge in [-0.1, -0.05) is 30.3 Å². The van der Waals surface area contributed by atoms with E-state index in [4.69, 9.17) is 4.74 Å². The first-order valence-corrected chi connectivity index (χ1v) is 9.86. The highest BCUT2D eigenvalue weighted by Gasteiger charge is 2.11. The summed E-state index contributed by atoms with van der Waals surface area (Å²) in [7, 11) is 0. The van der Waals surface area contributed by atoms with E-state index in [1.54, 1.807) is 24.3 Å². The molecular formula is C22H20N2O4S. The van der Waals surface area contributed by atoms with Crippen LogP contribution in [-0.2, 0) is 22.6 Å². The molecule has 29 heavy (non-hydrogen) atoms. The Kier molecular flexibility index (Phi) is 6.76. The summed E-state index contributed by atoms with van der Waals surface area (Å²) in [6.07, 6.45) is 0.307. The first-order chi connectivity index (χ1) is 14.0. The van der Waals surface area contributed by atoms with E-state index >= 15 is 0 Å². The second kappa shape index (κ2) is 9.66. The zero-order valence-electron chi connectivity index (χ0n) is 15.8. The van der Waals surface area contributed by atoms with Gasteiger partial charge >= 0.3 is 5.97 Å². The van der Waals surface area contributed by atoms with Gasteiger partial charge in [0, 0.05) is 29.6 Å². The van der Waals surface area contributed by atoms with E-state index in [1.165, 1.54) is 24.3 Å². The van der Waals surface area contributed by atoms with Crippen molar-refractivity contribution in [3.63, 3.8) is 0 Å². The number of nitrogens with one attached hydrogen (secondary N) is 2. The summed E-state index contributed by atoms with van der Waals surface area (Å²) in [5.41, 5.74) is 1.82. The molecule has 148 valence electrons. The lowest BCUT2D eigenvalue weighted by atomic mass is 10.1. The summed E-state index contributed by atoms with van der Waals surface area (Å²) in [6, 6.07) is 17.5. The number of anilines is 1. The third-order valence-corrected chi connectivity index (χ3v) is 4.88. The molecule has 0 aliphatic carbocycles. The zero-order chi connectivity index (χ0) is 20.6.